The lowest BCUT2D eigenvalue weighted by atomic mass is 10.2. The Labute approximate surface area is 104 Å². The number of hydrogen-bond donors (Lipinski definition) is 1. The summed E-state index contributed by atoms with van der Waals surface area (Å²) in [5.74, 6) is -6.09. The van der Waals surface area contributed by atoms with Crippen molar-refractivity contribution < 1.29 is 31.5 Å². The molecule has 0 spiro atoms. The molecule has 0 amide bonds. The Morgan fingerprint density at radius 2 is 2.06 bits per heavy atom. The van der Waals surface area contributed by atoms with E-state index in [1.807, 2.05) is 5.32 Å². The van der Waals surface area contributed by atoms with Crippen LogP contribution in [0, 0.1) is 0 Å². The molecule has 9 heteroatoms. The number of rotatable bonds is 3. The smallest absolute Gasteiger partial charge is 0.459 e. The second-order valence-corrected chi connectivity index (χ2v) is 4.47. The predicted octanol–water partition coefficient (Wildman–Crippen LogP) is 1.95. The zero-order valence-electron chi connectivity index (χ0n) is 9.18. The zero-order chi connectivity index (χ0) is 14.0. The minimum absolute atomic E-state index is 0.147. The summed E-state index contributed by atoms with van der Waals surface area (Å²) in [4.78, 5) is 11.0. The van der Waals surface area contributed by atoms with E-state index in [4.69, 9.17) is 0 Å². The zero-order valence-corrected chi connectivity index (χ0v) is 10.00. The van der Waals surface area contributed by atoms with Gasteiger partial charge in [0.25, 0.3) is 0 Å². The van der Waals surface area contributed by atoms with Crippen molar-refractivity contribution in [2.24, 2.45) is 0 Å². The van der Waals surface area contributed by atoms with Crippen LogP contribution in [0.2, 0.25) is 0 Å². The third kappa shape index (κ3) is 3.27. The van der Waals surface area contributed by atoms with Crippen molar-refractivity contribution in [3.63, 3.8) is 0 Å². The van der Waals surface area contributed by atoms with Gasteiger partial charge in [0.05, 0.1) is 11.7 Å². The molecule has 0 saturated carbocycles. The van der Waals surface area contributed by atoms with Crippen LogP contribution in [0.5, 0.6) is 0 Å². The molecule has 0 bridgehead atoms. The molecule has 0 aromatic heterocycles. The molecular weight excluding hydrogens is 281 g/mol. The summed E-state index contributed by atoms with van der Waals surface area (Å²) in [6.07, 6.45) is -3.96. The SMILES string of the molecule is CSC[C@H]1COC(=O)C=C(C(F)(F)C(F)(F)F)N1. The first kappa shape index (κ1) is 15.1. The van der Waals surface area contributed by atoms with E-state index in [9.17, 15) is 26.7 Å². The van der Waals surface area contributed by atoms with Gasteiger partial charge in [-0.3, -0.25) is 0 Å². The molecule has 0 radical (unpaired) electrons. The maximum atomic E-state index is 13.1. The topological polar surface area (TPSA) is 38.3 Å². The molecule has 0 fully saturated rings. The van der Waals surface area contributed by atoms with Crippen LogP contribution in [0.1, 0.15) is 0 Å². The van der Waals surface area contributed by atoms with Gasteiger partial charge in [0, 0.05) is 11.8 Å². The summed E-state index contributed by atoms with van der Waals surface area (Å²) in [5.41, 5.74) is -1.48. The number of alkyl halides is 5. The fraction of sp³-hybridized carbons (Fsp3) is 0.667. The predicted molar refractivity (Wildman–Crippen MR) is 55.3 cm³/mol. The summed E-state index contributed by atoms with van der Waals surface area (Å²) < 4.78 is 67.3. The molecule has 3 nitrogen and oxygen atoms in total. The van der Waals surface area contributed by atoms with Gasteiger partial charge in [-0.1, -0.05) is 0 Å². The maximum Gasteiger partial charge on any atom is 0.459 e. The van der Waals surface area contributed by atoms with Crippen LogP contribution in [-0.2, 0) is 9.53 Å². The van der Waals surface area contributed by atoms with Crippen LogP contribution in [0.4, 0.5) is 22.0 Å². The number of carbonyl (C=O) groups excluding carboxylic acids is 1. The van der Waals surface area contributed by atoms with Crippen molar-refractivity contribution >= 4 is 17.7 Å². The van der Waals surface area contributed by atoms with Gasteiger partial charge in [0.1, 0.15) is 6.61 Å². The van der Waals surface area contributed by atoms with Crippen molar-refractivity contribution in [2.75, 3.05) is 18.6 Å². The van der Waals surface area contributed by atoms with Gasteiger partial charge in [-0.05, 0) is 6.26 Å². The van der Waals surface area contributed by atoms with Crippen molar-refractivity contribution in [3.05, 3.63) is 11.8 Å². The quantitative estimate of drug-likeness (QED) is 0.637. The van der Waals surface area contributed by atoms with Crippen molar-refractivity contribution in [2.45, 2.75) is 18.1 Å². The van der Waals surface area contributed by atoms with Gasteiger partial charge >= 0.3 is 18.1 Å². The number of hydrogen-bond acceptors (Lipinski definition) is 4. The highest BCUT2D eigenvalue weighted by atomic mass is 32.2. The van der Waals surface area contributed by atoms with Crippen LogP contribution in [-0.4, -0.2) is 42.7 Å². The maximum absolute atomic E-state index is 13.1. The number of nitrogens with one attached hydrogen (secondary N) is 1. The normalized spacial score (nSPS) is 21.8. The molecule has 1 aliphatic heterocycles. The lowest BCUT2D eigenvalue weighted by Crippen LogP contribution is -2.46. The highest BCUT2D eigenvalue weighted by molar-refractivity contribution is 7.98. The van der Waals surface area contributed by atoms with Crippen LogP contribution >= 0.6 is 11.8 Å². The van der Waals surface area contributed by atoms with E-state index in [2.05, 4.69) is 4.74 Å². The Hall–Kier alpha value is -0.990. The van der Waals surface area contributed by atoms with E-state index in [0.717, 1.165) is 0 Å². The molecule has 0 unspecified atom stereocenters. The summed E-state index contributed by atoms with van der Waals surface area (Å²) in [6.45, 7) is -0.256. The minimum Gasteiger partial charge on any atom is -0.460 e. The fourth-order valence-electron chi connectivity index (χ4n) is 1.27. The molecule has 1 aliphatic rings. The standard InChI is InChI=1S/C9H10F5NO2S/c1-18-4-5-3-17-7(16)2-6(15-5)8(10,11)9(12,13)14/h2,5,15H,3-4H2,1H3/t5-/m1/s1. The molecular formula is C9H10F5NO2S. The number of thioether (sulfide) groups is 1. The van der Waals surface area contributed by atoms with E-state index < -0.39 is 29.8 Å². The summed E-state index contributed by atoms with van der Waals surface area (Å²) >= 11 is 1.23. The number of esters is 1. The summed E-state index contributed by atoms with van der Waals surface area (Å²) in [6, 6.07) is -0.786. The second kappa shape index (κ2) is 5.33. The van der Waals surface area contributed by atoms with Crippen LogP contribution in [0.15, 0.2) is 11.8 Å². The van der Waals surface area contributed by atoms with Gasteiger partial charge < -0.3 is 10.1 Å². The Bertz CT molecular complexity index is 355. The molecule has 18 heavy (non-hydrogen) atoms. The van der Waals surface area contributed by atoms with Crippen LogP contribution in [0.25, 0.3) is 0 Å². The first-order valence-electron chi connectivity index (χ1n) is 4.77. The van der Waals surface area contributed by atoms with E-state index in [1.165, 1.54) is 11.8 Å². The molecule has 0 aromatic carbocycles. The van der Waals surface area contributed by atoms with Gasteiger partial charge in [-0.15, -0.1) is 0 Å². The van der Waals surface area contributed by atoms with E-state index in [1.54, 1.807) is 6.26 Å². The number of cyclic esters (lactones) is 1. The molecule has 0 aliphatic carbocycles. The number of ether oxygens (including phenoxy) is 1. The Morgan fingerprint density at radius 3 is 2.56 bits per heavy atom. The Kier molecular flexibility index (Phi) is 4.46. The molecule has 1 atom stereocenters. The van der Waals surface area contributed by atoms with Crippen molar-refractivity contribution in [3.8, 4) is 0 Å². The van der Waals surface area contributed by atoms with Crippen molar-refractivity contribution in [1.82, 2.24) is 5.32 Å². The van der Waals surface area contributed by atoms with E-state index in [0.29, 0.717) is 0 Å². The highest BCUT2D eigenvalue weighted by Gasteiger charge is 2.61. The highest BCUT2D eigenvalue weighted by Crippen LogP contribution is 2.40. The largest absolute Gasteiger partial charge is 0.460 e. The molecule has 0 aromatic rings. The van der Waals surface area contributed by atoms with Crippen molar-refractivity contribution in [1.29, 1.82) is 0 Å². The number of carbonyl (C=O) groups is 1. The Morgan fingerprint density at radius 1 is 1.44 bits per heavy atom. The lowest BCUT2D eigenvalue weighted by molar-refractivity contribution is -0.266. The number of allylic oxidation sites excluding steroid dienone is 1. The Balaban J connectivity index is 2.99. The van der Waals surface area contributed by atoms with E-state index >= 15 is 0 Å². The third-order valence-corrected chi connectivity index (χ3v) is 2.85. The molecule has 0 saturated heterocycles. The van der Waals surface area contributed by atoms with Crippen LogP contribution < -0.4 is 5.32 Å². The molecule has 1 N–H and O–H groups in total. The van der Waals surface area contributed by atoms with Crippen LogP contribution in [0.3, 0.4) is 0 Å². The average Bonchev–Trinajstić information content (AvgIpc) is 2.40. The second-order valence-electron chi connectivity index (χ2n) is 3.56. The molecule has 1 heterocycles. The fourth-order valence-corrected chi connectivity index (χ4v) is 1.85. The number of halogens is 5. The summed E-state index contributed by atoms with van der Waals surface area (Å²) in [5, 5.41) is 2.02. The molecule has 1 rings (SSSR count). The summed E-state index contributed by atoms with van der Waals surface area (Å²) in [7, 11) is 0. The van der Waals surface area contributed by atoms with E-state index in [-0.39, 0.29) is 18.4 Å². The lowest BCUT2D eigenvalue weighted by Gasteiger charge is -2.25. The van der Waals surface area contributed by atoms with Gasteiger partial charge in [0.15, 0.2) is 0 Å². The van der Waals surface area contributed by atoms with Gasteiger partial charge in [-0.25, -0.2) is 4.79 Å². The monoisotopic (exact) mass is 291 g/mol. The minimum atomic E-state index is -5.76. The first-order chi connectivity index (χ1) is 8.18. The average molecular weight is 291 g/mol. The van der Waals surface area contributed by atoms with Gasteiger partial charge in [-0.2, -0.15) is 33.7 Å². The molecule has 104 valence electrons. The first-order valence-corrected chi connectivity index (χ1v) is 6.17. The van der Waals surface area contributed by atoms with Gasteiger partial charge in [0.2, 0.25) is 0 Å². The third-order valence-electron chi connectivity index (χ3n) is 2.11.